The van der Waals surface area contributed by atoms with Crippen molar-refractivity contribution in [1.29, 1.82) is 0 Å². The molecule has 0 saturated heterocycles. The van der Waals surface area contributed by atoms with E-state index in [-0.39, 0.29) is 0 Å². The van der Waals surface area contributed by atoms with Crippen molar-refractivity contribution in [3.05, 3.63) is 212 Å². The van der Waals surface area contributed by atoms with Gasteiger partial charge in [0.05, 0.1) is 5.69 Å². The average Bonchev–Trinajstić information content (AvgIpc) is 3.88. The fraction of sp³-hybridized carbons (Fsp3) is 0. The Labute approximate surface area is 335 Å². The maximum atomic E-state index is 6.84. The SMILES string of the molecule is c1ccc(-c2ccc(N(c3ccc(-c4ccc(-c5ccccc5)c5sc6ccccc6c45)cc3)c3ccc(-c4ccccc4)c4c3oc3ccccc34)cc2)cc1. The van der Waals surface area contributed by atoms with Crippen LogP contribution in [0.2, 0.25) is 0 Å². The van der Waals surface area contributed by atoms with Crippen LogP contribution in [0.5, 0.6) is 0 Å². The van der Waals surface area contributed by atoms with Gasteiger partial charge in [0, 0.05) is 42.3 Å². The summed E-state index contributed by atoms with van der Waals surface area (Å²) in [5.41, 5.74) is 14.4. The molecule has 11 aromatic rings. The number of thiophene rings is 1. The second-order valence-corrected chi connectivity index (χ2v) is 15.5. The number of fused-ring (bicyclic) bond motifs is 6. The predicted molar refractivity (Wildman–Crippen MR) is 243 cm³/mol. The van der Waals surface area contributed by atoms with Crippen molar-refractivity contribution >= 4 is 70.5 Å². The lowest BCUT2D eigenvalue weighted by Crippen LogP contribution is -2.10. The van der Waals surface area contributed by atoms with Gasteiger partial charge in [-0.3, -0.25) is 0 Å². The number of furan rings is 1. The molecule has 9 aromatic carbocycles. The van der Waals surface area contributed by atoms with Crippen molar-refractivity contribution in [3.63, 3.8) is 0 Å². The number of hydrogen-bond acceptors (Lipinski definition) is 3. The molecule has 2 aromatic heterocycles. The molecule has 0 N–H and O–H groups in total. The first-order chi connectivity index (χ1) is 28.3. The van der Waals surface area contributed by atoms with Gasteiger partial charge in [-0.2, -0.15) is 0 Å². The lowest BCUT2D eigenvalue weighted by molar-refractivity contribution is 0.669. The summed E-state index contributed by atoms with van der Waals surface area (Å²) >= 11 is 1.88. The Hall–Kier alpha value is -7.20. The summed E-state index contributed by atoms with van der Waals surface area (Å²) in [6.07, 6.45) is 0. The number of anilines is 3. The minimum absolute atomic E-state index is 0.858. The molecule has 0 saturated carbocycles. The summed E-state index contributed by atoms with van der Waals surface area (Å²) in [7, 11) is 0. The molecule has 57 heavy (non-hydrogen) atoms. The first-order valence-electron chi connectivity index (χ1n) is 19.3. The van der Waals surface area contributed by atoms with Crippen LogP contribution < -0.4 is 4.90 Å². The maximum absolute atomic E-state index is 6.84. The predicted octanol–water partition coefficient (Wildman–Crippen LogP) is 16.1. The van der Waals surface area contributed by atoms with E-state index in [1.165, 1.54) is 53.6 Å². The molecule has 3 heteroatoms. The van der Waals surface area contributed by atoms with Crippen molar-refractivity contribution in [1.82, 2.24) is 0 Å². The van der Waals surface area contributed by atoms with Crippen LogP contribution in [0.4, 0.5) is 17.1 Å². The molecule has 0 amide bonds. The highest BCUT2D eigenvalue weighted by Gasteiger charge is 2.23. The zero-order valence-electron chi connectivity index (χ0n) is 31.0. The van der Waals surface area contributed by atoms with Crippen LogP contribution >= 0.6 is 11.3 Å². The molecule has 0 bridgehead atoms. The molecule has 268 valence electrons. The van der Waals surface area contributed by atoms with Gasteiger partial charge < -0.3 is 9.32 Å². The lowest BCUT2D eigenvalue weighted by atomic mass is 9.94. The molecular formula is C54H35NOS. The smallest absolute Gasteiger partial charge is 0.160 e. The third-order valence-corrected chi connectivity index (χ3v) is 12.3. The molecule has 11 rings (SSSR count). The number of rotatable bonds is 7. The van der Waals surface area contributed by atoms with Gasteiger partial charge in [-0.1, -0.05) is 170 Å². The van der Waals surface area contributed by atoms with Crippen LogP contribution in [0.15, 0.2) is 217 Å². The van der Waals surface area contributed by atoms with E-state index in [2.05, 4.69) is 211 Å². The van der Waals surface area contributed by atoms with Gasteiger partial charge in [0.1, 0.15) is 5.58 Å². The largest absolute Gasteiger partial charge is 0.454 e. The van der Waals surface area contributed by atoms with Crippen molar-refractivity contribution in [2.45, 2.75) is 0 Å². The molecule has 0 atom stereocenters. The number of hydrogen-bond donors (Lipinski definition) is 0. The monoisotopic (exact) mass is 745 g/mol. The summed E-state index contributed by atoms with van der Waals surface area (Å²) in [6.45, 7) is 0. The third-order valence-electron chi connectivity index (χ3n) is 11.1. The van der Waals surface area contributed by atoms with E-state index in [0.717, 1.165) is 50.1 Å². The van der Waals surface area contributed by atoms with Crippen molar-refractivity contribution < 1.29 is 4.42 Å². The van der Waals surface area contributed by atoms with Gasteiger partial charge in [-0.25, -0.2) is 0 Å². The Morgan fingerprint density at radius 3 is 1.51 bits per heavy atom. The average molecular weight is 746 g/mol. The maximum Gasteiger partial charge on any atom is 0.160 e. The van der Waals surface area contributed by atoms with Crippen LogP contribution in [-0.2, 0) is 0 Å². The van der Waals surface area contributed by atoms with Crippen LogP contribution in [0.25, 0.3) is 86.6 Å². The molecule has 2 nitrogen and oxygen atoms in total. The van der Waals surface area contributed by atoms with E-state index in [1.54, 1.807) is 0 Å². The first-order valence-corrected chi connectivity index (χ1v) is 20.2. The Balaban J connectivity index is 1.10. The van der Waals surface area contributed by atoms with Crippen LogP contribution in [0.1, 0.15) is 0 Å². The topological polar surface area (TPSA) is 16.4 Å². The third kappa shape index (κ3) is 5.71. The van der Waals surface area contributed by atoms with E-state index in [1.807, 2.05) is 17.4 Å². The highest BCUT2D eigenvalue weighted by atomic mass is 32.1. The summed E-state index contributed by atoms with van der Waals surface area (Å²) < 4.78 is 9.46. The molecule has 2 heterocycles. The molecule has 0 aliphatic carbocycles. The van der Waals surface area contributed by atoms with Crippen molar-refractivity contribution in [2.75, 3.05) is 4.90 Å². The molecule has 0 aliphatic heterocycles. The van der Waals surface area contributed by atoms with Gasteiger partial charge >= 0.3 is 0 Å². The highest BCUT2D eigenvalue weighted by Crippen LogP contribution is 2.48. The zero-order valence-corrected chi connectivity index (χ0v) is 31.8. The van der Waals surface area contributed by atoms with E-state index in [4.69, 9.17) is 4.42 Å². The summed E-state index contributed by atoms with van der Waals surface area (Å²) in [5.74, 6) is 0. The van der Waals surface area contributed by atoms with E-state index >= 15 is 0 Å². The van der Waals surface area contributed by atoms with Crippen molar-refractivity contribution in [2.24, 2.45) is 0 Å². The fourth-order valence-electron chi connectivity index (χ4n) is 8.41. The second-order valence-electron chi connectivity index (χ2n) is 14.4. The summed E-state index contributed by atoms with van der Waals surface area (Å²) in [6, 6.07) is 76.1. The van der Waals surface area contributed by atoms with Gasteiger partial charge in [-0.15, -0.1) is 11.3 Å². The van der Waals surface area contributed by atoms with Crippen LogP contribution in [0, 0.1) is 0 Å². The Morgan fingerprint density at radius 2 is 0.825 bits per heavy atom. The minimum Gasteiger partial charge on any atom is -0.454 e. The Morgan fingerprint density at radius 1 is 0.351 bits per heavy atom. The summed E-state index contributed by atoms with van der Waals surface area (Å²) in [4.78, 5) is 2.34. The first kappa shape index (κ1) is 33.2. The minimum atomic E-state index is 0.858. The number of benzene rings is 9. The number of nitrogens with zero attached hydrogens (tertiary/aromatic N) is 1. The van der Waals surface area contributed by atoms with E-state index in [9.17, 15) is 0 Å². The van der Waals surface area contributed by atoms with Gasteiger partial charge in [-0.05, 0) is 87.0 Å². The summed E-state index contributed by atoms with van der Waals surface area (Å²) in [5, 5.41) is 4.81. The highest BCUT2D eigenvalue weighted by molar-refractivity contribution is 7.26. The van der Waals surface area contributed by atoms with E-state index < -0.39 is 0 Å². The van der Waals surface area contributed by atoms with Crippen LogP contribution in [0.3, 0.4) is 0 Å². The molecule has 0 unspecified atom stereocenters. The number of para-hydroxylation sites is 1. The van der Waals surface area contributed by atoms with Gasteiger partial charge in [0.25, 0.3) is 0 Å². The van der Waals surface area contributed by atoms with Gasteiger partial charge in [0.15, 0.2) is 5.58 Å². The fourth-order valence-corrected chi connectivity index (χ4v) is 9.68. The molecule has 0 spiro atoms. The lowest BCUT2D eigenvalue weighted by Gasteiger charge is -2.26. The van der Waals surface area contributed by atoms with Crippen LogP contribution in [-0.4, -0.2) is 0 Å². The molecular weight excluding hydrogens is 711 g/mol. The normalized spacial score (nSPS) is 11.5. The quantitative estimate of drug-likeness (QED) is 0.162. The van der Waals surface area contributed by atoms with Gasteiger partial charge in [0.2, 0.25) is 0 Å². The van der Waals surface area contributed by atoms with Crippen molar-refractivity contribution in [3.8, 4) is 44.5 Å². The standard InChI is InChI=1S/C54H35NOS/c1-4-14-36(15-5-1)37-24-28-41(29-25-37)55(48-35-34-43(38-16-6-2-7-17-38)51-46-20-10-12-22-49(46)56-53(48)51)42-30-26-40(27-31-42)44-32-33-45(39-18-8-3-9-19-39)54-52(44)47-21-11-13-23-50(47)57-54/h1-35H. The second kappa shape index (κ2) is 13.8. The Bertz CT molecular complexity index is 3200. The Kier molecular flexibility index (Phi) is 8.04. The molecule has 0 fully saturated rings. The molecule has 0 radical (unpaired) electrons. The zero-order chi connectivity index (χ0) is 37.7. The molecule has 0 aliphatic rings. The van der Waals surface area contributed by atoms with E-state index in [0.29, 0.717) is 0 Å².